The van der Waals surface area contributed by atoms with Crippen LogP contribution in [-0.2, 0) is 11.3 Å². The number of amides is 1. The van der Waals surface area contributed by atoms with Crippen LogP contribution in [0.5, 0.6) is 0 Å². The van der Waals surface area contributed by atoms with Crippen LogP contribution in [0, 0.1) is 0 Å². The second-order valence-corrected chi connectivity index (χ2v) is 3.05. The summed E-state index contributed by atoms with van der Waals surface area (Å²) in [5.74, 6) is 0.262. The van der Waals surface area contributed by atoms with Gasteiger partial charge in [-0.1, -0.05) is 30.3 Å². The lowest BCUT2D eigenvalue weighted by molar-refractivity contribution is 0.154. The van der Waals surface area contributed by atoms with E-state index in [4.69, 9.17) is 9.15 Å². The Kier molecular flexibility index (Phi) is 3.18. The third-order valence-electron chi connectivity index (χ3n) is 1.87. The highest BCUT2D eigenvalue weighted by molar-refractivity contribution is 5.82. The molecule has 5 nitrogen and oxygen atoms in total. The molecule has 1 amide bonds. The summed E-state index contributed by atoms with van der Waals surface area (Å²) in [5.41, 5.74) is 0.926. The van der Waals surface area contributed by atoms with Crippen molar-refractivity contribution in [1.29, 1.82) is 0 Å². The summed E-state index contributed by atoms with van der Waals surface area (Å²) >= 11 is 0. The molecule has 2 rings (SSSR count). The van der Waals surface area contributed by atoms with Crippen LogP contribution in [0.15, 0.2) is 47.3 Å². The number of oxazole rings is 1. The Bertz CT molecular complexity index is 440. The van der Waals surface area contributed by atoms with Crippen LogP contribution >= 0.6 is 0 Å². The number of nitrogens with one attached hydrogen (secondary N) is 1. The number of carbonyl (C=O) groups is 1. The summed E-state index contributed by atoms with van der Waals surface area (Å²) in [6.07, 6.45) is 2.05. The van der Waals surface area contributed by atoms with Crippen LogP contribution in [-0.4, -0.2) is 11.1 Å². The largest absolute Gasteiger partial charge is 0.444 e. The van der Waals surface area contributed by atoms with E-state index in [2.05, 4.69) is 10.3 Å². The average molecular weight is 218 g/mol. The van der Waals surface area contributed by atoms with Crippen LogP contribution < -0.4 is 5.32 Å². The first kappa shape index (κ1) is 10.2. The highest BCUT2D eigenvalue weighted by atomic mass is 16.5. The normalized spacial score (nSPS) is 9.75. The number of hydrogen-bond acceptors (Lipinski definition) is 4. The SMILES string of the molecule is O=C(Nc1cnco1)OCc1ccccc1. The molecule has 0 spiro atoms. The maximum absolute atomic E-state index is 11.3. The highest BCUT2D eigenvalue weighted by Crippen LogP contribution is 2.05. The van der Waals surface area contributed by atoms with Crippen molar-refractivity contribution in [1.82, 2.24) is 4.98 Å². The zero-order valence-corrected chi connectivity index (χ0v) is 8.42. The van der Waals surface area contributed by atoms with Gasteiger partial charge in [0.05, 0.1) is 6.20 Å². The van der Waals surface area contributed by atoms with E-state index in [0.717, 1.165) is 5.56 Å². The molecule has 0 radical (unpaired) electrons. The van der Waals surface area contributed by atoms with Gasteiger partial charge in [-0.05, 0) is 5.56 Å². The standard InChI is InChI=1S/C11H10N2O3/c14-11(13-10-6-12-8-16-10)15-7-9-4-2-1-3-5-9/h1-6,8H,7H2,(H,13,14). The molecule has 0 fully saturated rings. The van der Waals surface area contributed by atoms with E-state index in [9.17, 15) is 4.79 Å². The zero-order chi connectivity index (χ0) is 11.2. The molecule has 0 saturated carbocycles. The minimum absolute atomic E-state index is 0.223. The van der Waals surface area contributed by atoms with E-state index in [0.29, 0.717) is 0 Å². The molecule has 0 aliphatic heterocycles. The van der Waals surface area contributed by atoms with Crippen molar-refractivity contribution < 1.29 is 13.9 Å². The lowest BCUT2D eigenvalue weighted by atomic mass is 10.2. The second-order valence-electron chi connectivity index (χ2n) is 3.05. The Morgan fingerprint density at radius 1 is 1.38 bits per heavy atom. The lowest BCUT2D eigenvalue weighted by Crippen LogP contribution is -2.12. The van der Waals surface area contributed by atoms with E-state index in [-0.39, 0.29) is 12.5 Å². The molecule has 2 aromatic rings. The smallest absolute Gasteiger partial charge is 0.414 e. The van der Waals surface area contributed by atoms with Gasteiger partial charge >= 0.3 is 6.09 Å². The van der Waals surface area contributed by atoms with E-state index in [1.165, 1.54) is 12.6 Å². The van der Waals surface area contributed by atoms with Crippen molar-refractivity contribution >= 4 is 12.0 Å². The van der Waals surface area contributed by atoms with Gasteiger partial charge < -0.3 is 9.15 Å². The molecule has 0 atom stereocenters. The molecule has 82 valence electrons. The topological polar surface area (TPSA) is 64.4 Å². The summed E-state index contributed by atoms with van der Waals surface area (Å²) in [7, 11) is 0. The molecular weight excluding hydrogens is 208 g/mol. The lowest BCUT2D eigenvalue weighted by Gasteiger charge is -2.04. The number of benzene rings is 1. The van der Waals surface area contributed by atoms with Gasteiger partial charge in [-0.15, -0.1) is 0 Å². The Morgan fingerprint density at radius 3 is 2.88 bits per heavy atom. The van der Waals surface area contributed by atoms with Crippen molar-refractivity contribution in [2.75, 3.05) is 5.32 Å². The molecule has 5 heteroatoms. The molecule has 16 heavy (non-hydrogen) atoms. The fraction of sp³-hybridized carbons (Fsp3) is 0.0909. The molecule has 0 unspecified atom stereocenters. The van der Waals surface area contributed by atoms with Gasteiger partial charge in [-0.3, -0.25) is 5.32 Å². The van der Waals surface area contributed by atoms with Crippen LogP contribution in [0.1, 0.15) is 5.56 Å². The number of ether oxygens (including phenoxy) is 1. The first-order valence-electron chi connectivity index (χ1n) is 4.71. The van der Waals surface area contributed by atoms with Gasteiger partial charge in [0.2, 0.25) is 5.88 Å². The Labute approximate surface area is 92.1 Å². The minimum Gasteiger partial charge on any atom is -0.444 e. The fourth-order valence-corrected chi connectivity index (χ4v) is 1.14. The van der Waals surface area contributed by atoms with E-state index < -0.39 is 6.09 Å². The third kappa shape index (κ3) is 2.84. The molecule has 0 aliphatic carbocycles. The minimum atomic E-state index is -0.569. The quantitative estimate of drug-likeness (QED) is 0.859. The molecule has 0 aliphatic rings. The van der Waals surface area contributed by atoms with E-state index >= 15 is 0 Å². The Morgan fingerprint density at radius 2 is 2.19 bits per heavy atom. The number of rotatable bonds is 3. The van der Waals surface area contributed by atoms with E-state index in [1.807, 2.05) is 30.3 Å². The summed E-state index contributed by atoms with van der Waals surface area (Å²) in [6.45, 7) is 0.223. The number of carbonyl (C=O) groups excluding carboxylic acids is 1. The first-order chi connectivity index (χ1) is 7.84. The summed E-state index contributed by atoms with van der Waals surface area (Å²) < 4.78 is 9.80. The summed E-state index contributed by atoms with van der Waals surface area (Å²) in [5, 5.41) is 2.40. The predicted octanol–water partition coefficient (Wildman–Crippen LogP) is 2.42. The molecule has 1 N–H and O–H groups in total. The van der Waals surface area contributed by atoms with Crippen molar-refractivity contribution in [2.24, 2.45) is 0 Å². The van der Waals surface area contributed by atoms with Crippen LogP contribution in [0.4, 0.5) is 10.7 Å². The van der Waals surface area contributed by atoms with Gasteiger partial charge in [0.25, 0.3) is 0 Å². The highest BCUT2D eigenvalue weighted by Gasteiger charge is 2.05. The van der Waals surface area contributed by atoms with Gasteiger partial charge in [-0.25, -0.2) is 9.78 Å². The van der Waals surface area contributed by atoms with Crippen LogP contribution in [0.3, 0.4) is 0 Å². The summed E-state index contributed by atoms with van der Waals surface area (Å²) in [4.78, 5) is 14.9. The maximum Gasteiger partial charge on any atom is 0.414 e. The number of hydrogen-bond donors (Lipinski definition) is 1. The number of aromatic nitrogens is 1. The fourth-order valence-electron chi connectivity index (χ4n) is 1.14. The molecule has 0 bridgehead atoms. The van der Waals surface area contributed by atoms with Crippen LogP contribution in [0.25, 0.3) is 0 Å². The Hall–Kier alpha value is -2.30. The predicted molar refractivity (Wildman–Crippen MR) is 56.8 cm³/mol. The van der Waals surface area contributed by atoms with Crippen LogP contribution in [0.2, 0.25) is 0 Å². The average Bonchev–Trinajstić information content (AvgIpc) is 2.81. The van der Waals surface area contributed by atoms with Crippen molar-refractivity contribution in [3.8, 4) is 0 Å². The van der Waals surface area contributed by atoms with Crippen molar-refractivity contribution in [2.45, 2.75) is 6.61 Å². The molecule has 0 saturated heterocycles. The van der Waals surface area contributed by atoms with Crippen molar-refractivity contribution in [3.63, 3.8) is 0 Å². The van der Waals surface area contributed by atoms with Crippen molar-refractivity contribution in [3.05, 3.63) is 48.5 Å². The molecule has 1 aromatic carbocycles. The third-order valence-corrected chi connectivity index (χ3v) is 1.87. The Balaban J connectivity index is 1.80. The number of anilines is 1. The maximum atomic E-state index is 11.3. The first-order valence-corrected chi connectivity index (χ1v) is 4.71. The van der Waals surface area contributed by atoms with Gasteiger partial charge in [-0.2, -0.15) is 0 Å². The van der Waals surface area contributed by atoms with Gasteiger partial charge in [0, 0.05) is 0 Å². The molecular formula is C11H10N2O3. The zero-order valence-electron chi connectivity index (χ0n) is 8.42. The van der Waals surface area contributed by atoms with E-state index in [1.54, 1.807) is 0 Å². The monoisotopic (exact) mass is 218 g/mol. The number of nitrogens with zero attached hydrogens (tertiary/aromatic N) is 1. The molecule has 1 aromatic heterocycles. The van der Waals surface area contributed by atoms with Gasteiger partial charge in [0.15, 0.2) is 6.39 Å². The van der Waals surface area contributed by atoms with Gasteiger partial charge in [0.1, 0.15) is 6.61 Å². The molecule has 1 heterocycles. The second kappa shape index (κ2) is 4.97. The summed E-state index contributed by atoms with van der Waals surface area (Å²) in [6, 6.07) is 9.42.